The van der Waals surface area contributed by atoms with E-state index < -0.39 is 0 Å². The van der Waals surface area contributed by atoms with E-state index in [-0.39, 0.29) is 0 Å². The third-order valence-corrected chi connectivity index (χ3v) is 2.91. The van der Waals surface area contributed by atoms with E-state index in [0.717, 1.165) is 5.92 Å². The van der Waals surface area contributed by atoms with E-state index in [1.54, 1.807) is 0 Å². The Balaban J connectivity index is 3.06. The predicted molar refractivity (Wildman–Crippen MR) is 66.6 cm³/mol. The Kier molecular flexibility index (Phi) is 10.6. The van der Waals surface area contributed by atoms with Crippen molar-refractivity contribution in [1.29, 1.82) is 0 Å². The van der Waals surface area contributed by atoms with Gasteiger partial charge in [0.05, 0.1) is 0 Å². The van der Waals surface area contributed by atoms with Gasteiger partial charge in [0.2, 0.25) is 0 Å². The largest absolute Gasteiger partial charge is 0.103 e. The zero-order valence-corrected chi connectivity index (χ0v) is 10.2. The van der Waals surface area contributed by atoms with E-state index in [0.29, 0.717) is 0 Å². The molecule has 0 saturated carbocycles. The molecule has 0 N–H and O–H groups in total. The maximum Gasteiger partial charge on any atom is -0.0351 e. The van der Waals surface area contributed by atoms with Crippen LogP contribution in [0.1, 0.15) is 71.6 Å². The summed E-state index contributed by atoms with van der Waals surface area (Å²) in [6.07, 6.45) is 14.5. The first-order valence-electron chi connectivity index (χ1n) is 6.42. The number of unbranched alkanes of at least 4 members (excludes halogenated alkanes) is 5. The summed E-state index contributed by atoms with van der Waals surface area (Å²) in [4.78, 5) is 0. The molecular formula is C14H28. The molecular weight excluding hydrogens is 168 g/mol. The van der Waals surface area contributed by atoms with Gasteiger partial charge in [-0.05, 0) is 18.8 Å². The van der Waals surface area contributed by atoms with Gasteiger partial charge in [0.1, 0.15) is 0 Å². The van der Waals surface area contributed by atoms with Gasteiger partial charge in [-0.3, -0.25) is 0 Å². The quantitative estimate of drug-likeness (QED) is 0.327. The number of hydrogen-bond acceptors (Lipinski definition) is 0. The number of rotatable bonds is 10. The third-order valence-electron chi connectivity index (χ3n) is 2.91. The van der Waals surface area contributed by atoms with Gasteiger partial charge in [0, 0.05) is 0 Å². The Morgan fingerprint density at radius 3 is 2.29 bits per heavy atom. The van der Waals surface area contributed by atoms with Crippen LogP contribution in [0.2, 0.25) is 0 Å². The Morgan fingerprint density at radius 2 is 1.64 bits per heavy atom. The van der Waals surface area contributed by atoms with Crippen LogP contribution in [0.15, 0.2) is 12.7 Å². The van der Waals surface area contributed by atoms with Gasteiger partial charge in [0.15, 0.2) is 0 Å². The topological polar surface area (TPSA) is 0 Å². The lowest BCUT2D eigenvalue weighted by molar-refractivity contribution is 0.459. The summed E-state index contributed by atoms with van der Waals surface area (Å²) in [5.74, 6) is 0.902. The maximum absolute atomic E-state index is 3.76. The van der Waals surface area contributed by atoms with E-state index in [1.807, 2.05) is 6.08 Å². The molecule has 0 spiro atoms. The van der Waals surface area contributed by atoms with Gasteiger partial charge in [-0.25, -0.2) is 0 Å². The van der Waals surface area contributed by atoms with Gasteiger partial charge in [-0.1, -0.05) is 64.9 Å². The van der Waals surface area contributed by atoms with Crippen LogP contribution < -0.4 is 0 Å². The zero-order valence-electron chi connectivity index (χ0n) is 10.2. The molecule has 1 atom stereocenters. The minimum atomic E-state index is 0.902. The molecule has 0 aromatic carbocycles. The van der Waals surface area contributed by atoms with E-state index in [2.05, 4.69) is 20.4 Å². The average Bonchev–Trinajstić information content (AvgIpc) is 2.20. The Bertz CT molecular complexity index is 115. The molecule has 0 radical (unpaired) electrons. The molecule has 0 heterocycles. The predicted octanol–water partition coefficient (Wildman–Crippen LogP) is 5.34. The molecule has 0 saturated heterocycles. The first kappa shape index (κ1) is 13.7. The summed E-state index contributed by atoms with van der Waals surface area (Å²) < 4.78 is 0. The normalized spacial score (nSPS) is 12.7. The van der Waals surface area contributed by atoms with Crippen LogP contribution in [0.25, 0.3) is 0 Å². The van der Waals surface area contributed by atoms with Crippen LogP contribution in [0.3, 0.4) is 0 Å². The molecule has 0 nitrogen and oxygen atoms in total. The monoisotopic (exact) mass is 196 g/mol. The second-order valence-electron chi connectivity index (χ2n) is 4.53. The van der Waals surface area contributed by atoms with Crippen LogP contribution in [0.4, 0.5) is 0 Å². The Labute approximate surface area is 90.8 Å². The van der Waals surface area contributed by atoms with Crippen molar-refractivity contribution < 1.29 is 0 Å². The smallest absolute Gasteiger partial charge is 0.0351 e. The molecule has 0 fully saturated rings. The minimum absolute atomic E-state index is 0.902. The first-order chi connectivity index (χ1) is 6.81. The second-order valence-corrected chi connectivity index (χ2v) is 4.53. The van der Waals surface area contributed by atoms with Crippen LogP contribution in [0, 0.1) is 5.92 Å². The van der Waals surface area contributed by atoms with Gasteiger partial charge in [-0.2, -0.15) is 0 Å². The van der Waals surface area contributed by atoms with Crippen LogP contribution in [-0.4, -0.2) is 0 Å². The lowest BCUT2D eigenvalue weighted by Gasteiger charge is -2.09. The number of hydrogen-bond donors (Lipinski definition) is 0. The molecule has 0 rings (SSSR count). The molecule has 0 bridgehead atoms. The van der Waals surface area contributed by atoms with Crippen LogP contribution in [-0.2, 0) is 0 Å². The van der Waals surface area contributed by atoms with Gasteiger partial charge in [0.25, 0.3) is 0 Å². The van der Waals surface area contributed by atoms with Crippen molar-refractivity contribution in [3.05, 3.63) is 12.7 Å². The van der Waals surface area contributed by atoms with Crippen molar-refractivity contribution in [3.8, 4) is 0 Å². The highest BCUT2D eigenvalue weighted by Gasteiger charge is 1.99. The summed E-state index contributed by atoms with van der Waals surface area (Å²) in [6.45, 7) is 8.41. The highest BCUT2D eigenvalue weighted by molar-refractivity contribution is 4.68. The molecule has 84 valence electrons. The average molecular weight is 196 g/mol. The Hall–Kier alpha value is -0.260. The van der Waals surface area contributed by atoms with Crippen molar-refractivity contribution in [3.63, 3.8) is 0 Å². The lowest BCUT2D eigenvalue weighted by atomic mass is 9.97. The van der Waals surface area contributed by atoms with Crippen LogP contribution >= 0.6 is 0 Å². The summed E-state index contributed by atoms with van der Waals surface area (Å²) in [6, 6.07) is 0. The molecule has 1 unspecified atom stereocenters. The lowest BCUT2D eigenvalue weighted by Crippen LogP contribution is -1.93. The fourth-order valence-electron chi connectivity index (χ4n) is 1.82. The highest BCUT2D eigenvalue weighted by atomic mass is 14.1. The summed E-state index contributed by atoms with van der Waals surface area (Å²) in [5.41, 5.74) is 0. The zero-order chi connectivity index (χ0) is 10.6. The van der Waals surface area contributed by atoms with E-state index in [4.69, 9.17) is 0 Å². The molecule has 0 aromatic heterocycles. The molecule has 0 aromatic rings. The summed E-state index contributed by atoms with van der Waals surface area (Å²) in [7, 11) is 0. The fourth-order valence-corrected chi connectivity index (χ4v) is 1.82. The third kappa shape index (κ3) is 9.83. The standard InChI is InChI=1S/C14H28/c1-4-6-8-9-10-11-13-14(3)12-7-5-2/h5,14H,2,4,6-13H2,1,3H3. The second kappa shape index (κ2) is 10.8. The van der Waals surface area contributed by atoms with Crippen LogP contribution in [0.5, 0.6) is 0 Å². The first-order valence-corrected chi connectivity index (χ1v) is 6.42. The molecule has 14 heavy (non-hydrogen) atoms. The van der Waals surface area contributed by atoms with Crippen molar-refractivity contribution in [1.82, 2.24) is 0 Å². The fraction of sp³-hybridized carbons (Fsp3) is 0.857. The minimum Gasteiger partial charge on any atom is -0.103 e. The molecule has 0 heteroatoms. The molecule has 0 aliphatic heterocycles. The summed E-state index contributed by atoms with van der Waals surface area (Å²) in [5, 5.41) is 0. The SMILES string of the molecule is C=CCCC(C)CCCCCCCC. The van der Waals surface area contributed by atoms with E-state index in [9.17, 15) is 0 Å². The summed E-state index contributed by atoms with van der Waals surface area (Å²) >= 11 is 0. The highest BCUT2D eigenvalue weighted by Crippen LogP contribution is 2.16. The van der Waals surface area contributed by atoms with E-state index in [1.165, 1.54) is 57.8 Å². The van der Waals surface area contributed by atoms with Gasteiger partial charge < -0.3 is 0 Å². The van der Waals surface area contributed by atoms with Crippen molar-refractivity contribution in [2.45, 2.75) is 71.6 Å². The molecule has 0 aliphatic rings. The van der Waals surface area contributed by atoms with E-state index >= 15 is 0 Å². The van der Waals surface area contributed by atoms with Crippen molar-refractivity contribution in [2.24, 2.45) is 5.92 Å². The van der Waals surface area contributed by atoms with Gasteiger partial charge >= 0.3 is 0 Å². The Morgan fingerprint density at radius 1 is 1.00 bits per heavy atom. The van der Waals surface area contributed by atoms with Gasteiger partial charge in [-0.15, -0.1) is 6.58 Å². The molecule has 0 aliphatic carbocycles. The molecule has 0 amide bonds. The number of allylic oxidation sites excluding steroid dienone is 1. The van der Waals surface area contributed by atoms with Crippen molar-refractivity contribution in [2.75, 3.05) is 0 Å². The maximum atomic E-state index is 3.76. The van der Waals surface area contributed by atoms with Crippen molar-refractivity contribution >= 4 is 0 Å².